The third kappa shape index (κ3) is 3.72. The third-order valence-electron chi connectivity index (χ3n) is 4.72. The van der Waals surface area contributed by atoms with Crippen LogP contribution in [0.15, 0.2) is 24.4 Å². The van der Waals surface area contributed by atoms with E-state index >= 15 is 0 Å². The fourth-order valence-corrected chi connectivity index (χ4v) is 3.88. The molecule has 0 spiro atoms. The zero-order valence-corrected chi connectivity index (χ0v) is 16.8. The molecular weight excluding hydrogens is 376 g/mol. The van der Waals surface area contributed by atoms with E-state index in [0.29, 0.717) is 23.8 Å². The van der Waals surface area contributed by atoms with Crippen molar-refractivity contribution in [2.45, 2.75) is 26.7 Å². The van der Waals surface area contributed by atoms with E-state index in [1.165, 1.54) is 11.5 Å². The van der Waals surface area contributed by atoms with Gasteiger partial charge < -0.3 is 9.80 Å². The average molecular weight is 398 g/mol. The highest BCUT2D eigenvalue weighted by atomic mass is 32.1. The first-order valence-electron chi connectivity index (χ1n) is 9.37. The molecule has 1 saturated heterocycles. The lowest BCUT2D eigenvalue weighted by molar-refractivity contribution is 0.0750. The van der Waals surface area contributed by atoms with Crippen LogP contribution in [0.25, 0.3) is 5.82 Å². The predicted molar refractivity (Wildman–Crippen MR) is 106 cm³/mol. The number of hydrogen-bond acceptors (Lipinski definition) is 8. The molecule has 3 aromatic rings. The minimum atomic E-state index is 0.0357. The Hall–Kier alpha value is -2.88. The molecule has 3 aromatic heterocycles. The van der Waals surface area contributed by atoms with Crippen LogP contribution >= 0.6 is 11.5 Å². The first-order chi connectivity index (χ1) is 13.7. The molecule has 0 bridgehead atoms. The summed E-state index contributed by atoms with van der Waals surface area (Å²) in [5.41, 5.74) is 1.75. The summed E-state index contributed by atoms with van der Waals surface area (Å²) < 4.78 is 5.67. The maximum atomic E-state index is 12.8. The van der Waals surface area contributed by atoms with Crippen molar-refractivity contribution in [3.63, 3.8) is 0 Å². The molecule has 9 nitrogen and oxygen atoms in total. The molecule has 0 aliphatic carbocycles. The molecule has 0 saturated carbocycles. The number of rotatable bonds is 5. The van der Waals surface area contributed by atoms with Crippen molar-refractivity contribution in [2.24, 2.45) is 0 Å². The van der Waals surface area contributed by atoms with Crippen LogP contribution in [0.5, 0.6) is 0 Å². The van der Waals surface area contributed by atoms with Gasteiger partial charge in [0.25, 0.3) is 5.91 Å². The van der Waals surface area contributed by atoms with Crippen molar-refractivity contribution in [3.8, 4) is 5.82 Å². The number of carbonyl (C=O) groups is 1. The highest BCUT2D eigenvalue weighted by Crippen LogP contribution is 2.19. The molecule has 146 valence electrons. The highest BCUT2D eigenvalue weighted by molar-refractivity contribution is 7.08. The Morgan fingerprint density at radius 2 is 1.82 bits per heavy atom. The SMILES string of the molecule is CCCc1nnsc1C(=O)N1CCN(c2ccc(-n3ccc(C)n3)nn2)CC1. The molecule has 10 heteroatoms. The maximum absolute atomic E-state index is 12.8. The van der Waals surface area contributed by atoms with Crippen LogP contribution in [0, 0.1) is 6.92 Å². The zero-order valence-electron chi connectivity index (χ0n) is 15.9. The van der Waals surface area contributed by atoms with Crippen molar-refractivity contribution in [3.05, 3.63) is 40.7 Å². The lowest BCUT2D eigenvalue weighted by Gasteiger charge is -2.35. The third-order valence-corrected chi connectivity index (χ3v) is 5.48. The zero-order chi connectivity index (χ0) is 19.5. The Balaban J connectivity index is 1.38. The van der Waals surface area contributed by atoms with Gasteiger partial charge in [-0.05, 0) is 43.1 Å². The Labute approximate surface area is 167 Å². The lowest BCUT2D eigenvalue weighted by atomic mass is 10.2. The van der Waals surface area contributed by atoms with Crippen LogP contribution in [0.3, 0.4) is 0 Å². The van der Waals surface area contributed by atoms with Crippen molar-refractivity contribution < 1.29 is 4.79 Å². The number of piperazine rings is 1. The van der Waals surface area contributed by atoms with Crippen molar-refractivity contribution in [2.75, 3.05) is 31.1 Å². The lowest BCUT2D eigenvalue weighted by Crippen LogP contribution is -2.49. The van der Waals surface area contributed by atoms with E-state index in [4.69, 9.17) is 0 Å². The van der Waals surface area contributed by atoms with Gasteiger partial charge in [0.05, 0.1) is 11.4 Å². The van der Waals surface area contributed by atoms with Crippen LogP contribution in [0.4, 0.5) is 5.82 Å². The molecule has 4 heterocycles. The van der Waals surface area contributed by atoms with Gasteiger partial charge in [-0.2, -0.15) is 5.10 Å². The molecular formula is C18H22N8OS. The largest absolute Gasteiger partial charge is 0.352 e. The molecule has 0 unspecified atom stereocenters. The summed E-state index contributed by atoms with van der Waals surface area (Å²) in [6.45, 7) is 6.74. The fourth-order valence-electron chi connectivity index (χ4n) is 3.21. The smallest absolute Gasteiger partial charge is 0.267 e. The van der Waals surface area contributed by atoms with Crippen molar-refractivity contribution in [1.29, 1.82) is 0 Å². The van der Waals surface area contributed by atoms with Gasteiger partial charge in [-0.3, -0.25) is 4.79 Å². The fraction of sp³-hybridized carbons (Fsp3) is 0.444. The summed E-state index contributed by atoms with van der Waals surface area (Å²) in [7, 11) is 0. The van der Waals surface area contributed by atoms with Crippen molar-refractivity contribution >= 4 is 23.3 Å². The molecule has 1 fully saturated rings. The summed E-state index contributed by atoms with van der Waals surface area (Å²) in [4.78, 5) is 17.5. The molecule has 0 aromatic carbocycles. The van der Waals surface area contributed by atoms with E-state index in [1.807, 2.05) is 36.2 Å². The Morgan fingerprint density at radius 3 is 2.46 bits per heavy atom. The van der Waals surface area contributed by atoms with E-state index in [2.05, 4.69) is 36.7 Å². The monoisotopic (exact) mass is 398 g/mol. The molecule has 0 N–H and O–H groups in total. The van der Waals surface area contributed by atoms with Gasteiger partial charge in [-0.25, -0.2) is 4.68 Å². The molecule has 1 amide bonds. The Kier molecular flexibility index (Phi) is 5.29. The van der Waals surface area contributed by atoms with Crippen LogP contribution < -0.4 is 4.90 Å². The predicted octanol–water partition coefficient (Wildman–Crippen LogP) is 1.74. The summed E-state index contributed by atoms with van der Waals surface area (Å²) in [5, 5.41) is 17.1. The quantitative estimate of drug-likeness (QED) is 0.646. The van der Waals surface area contributed by atoms with Gasteiger partial charge in [0.15, 0.2) is 11.6 Å². The minimum absolute atomic E-state index is 0.0357. The number of anilines is 1. The number of amides is 1. The number of nitrogens with zero attached hydrogens (tertiary/aromatic N) is 8. The molecule has 1 aliphatic rings. The van der Waals surface area contributed by atoms with Crippen LogP contribution in [0.1, 0.15) is 34.4 Å². The standard InChI is InChI=1S/C18H22N8OS/c1-3-4-14-17(28-23-19-14)18(27)25-11-9-24(10-12-25)15-5-6-16(21-20-15)26-8-7-13(2)22-26/h5-8H,3-4,9-12H2,1-2H3. The molecule has 0 atom stereocenters. The molecule has 28 heavy (non-hydrogen) atoms. The van der Waals surface area contributed by atoms with E-state index in [0.717, 1.165) is 43.1 Å². The minimum Gasteiger partial charge on any atom is -0.352 e. The molecule has 4 rings (SSSR count). The van der Waals surface area contributed by atoms with Crippen molar-refractivity contribution in [1.82, 2.24) is 34.5 Å². The maximum Gasteiger partial charge on any atom is 0.267 e. The van der Waals surface area contributed by atoms with E-state index in [-0.39, 0.29) is 5.91 Å². The van der Waals surface area contributed by atoms with Crippen LogP contribution in [-0.4, -0.2) is 66.6 Å². The van der Waals surface area contributed by atoms with Gasteiger partial charge in [0.1, 0.15) is 4.88 Å². The average Bonchev–Trinajstić information content (AvgIpc) is 3.37. The number of carbonyl (C=O) groups excluding carboxylic acids is 1. The van der Waals surface area contributed by atoms with E-state index < -0.39 is 0 Å². The molecule has 1 aliphatic heterocycles. The summed E-state index contributed by atoms with van der Waals surface area (Å²) >= 11 is 1.19. The van der Waals surface area contributed by atoms with Gasteiger partial charge in [0.2, 0.25) is 0 Å². The number of hydrogen-bond donors (Lipinski definition) is 0. The highest BCUT2D eigenvalue weighted by Gasteiger charge is 2.26. The topological polar surface area (TPSA) is 92.9 Å². The first-order valence-corrected chi connectivity index (χ1v) is 10.1. The number of aromatic nitrogens is 6. The molecule has 0 radical (unpaired) electrons. The summed E-state index contributed by atoms with van der Waals surface area (Å²) in [5.74, 6) is 1.53. The van der Waals surface area contributed by atoms with Gasteiger partial charge in [-0.15, -0.1) is 15.3 Å². The summed E-state index contributed by atoms with van der Waals surface area (Å²) in [6, 6.07) is 5.78. The van der Waals surface area contributed by atoms with Gasteiger partial charge >= 0.3 is 0 Å². The second-order valence-corrected chi connectivity index (χ2v) is 7.48. The van der Waals surface area contributed by atoms with Crippen LogP contribution in [-0.2, 0) is 6.42 Å². The van der Waals surface area contributed by atoms with Crippen LogP contribution in [0.2, 0.25) is 0 Å². The normalized spacial score (nSPS) is 14.5. The van der Waals surface area contributed by atoms with E-state index in [9.17, 15) is 4.79 Å². The number of aryl methyl sites for hydroxylation is 2. The van der Waals surface area contributed by atoms with Gasteiger partial charge in [-0.1, -0.05) is 17.8 Å². The second-order valence-electron chi connectivity index (χ2n) is 6.73. The van der Waals surface area contributed by atoms with E-state index in [1.54, 1.807) is 4.68 Å². The summed E-state index contributed by atoms with van der Waals surface area (Å²) in [6.07, 6.45) is 3.60. The van der Waals surface area contributed by atoms with Gasteiger partial charge in [0, 0.05) is 32.4 Å². The second kappa shape index (κ2) is 8.01. The Bertz CT molecular complexity index is 943. The first kappa shape index (κ1) is 18.5. The Morgan fingerprint density at radius 1 is 1.07 bits per heavy atom.